The van der Waals surface area contributed by atoms with Crippen LogP contribution >= 0.6 is 22.6 Å². The van der Waals surface area contributed by atoms with Crippen molar-refractivity contribution in [3.8, 4) is 0 Å². The maximum absolute atomic E-state index is 6.21. The first-order valence-electron chi connectivity index (χ1n) is 5.53. The topological polar surface area (TPSA) is 0 Å². The third-order valence-corrected chi connectivity index (χ3v) is 4.28. The molecule has 0 N–H and O–H groups in total. The van der Waals surface area contributed by atoms with Crippen molar-refractivity contribution in [2.45, 2.75) is 67.5 Å². The lowest BCUT2D eigenvalue weighted by molar-refractivity contribution is 0.438. The quantitative estimate of drug-likeness (QED) is 0.355. The van der Waals surface area contributed by atoms with E-state index in [1.54, 1.807) is 0 Å². The summed E-state index contributed by atoms with van der Waals surface area (Å²) in [6.45, 7) is 2.22. The van der Waals surface area contributed by atoms with Crippen LogP contribution in [-0.4, -0.2) is 11.8 Å². The van der Waals surface area contributed by atoms with Crippen LogP contribution in [0.3, 0.4) is 0 Å². The molecule has 2 atom stereocenters. The molecular weight excluding hydrogens is 270 g/mol. The standard InChI is InChI=1S/C11H20BI/c1-11(12)8-4-2-3-6-10(13)7-5-9-11/h10H,2-9H2,1H3. The summed E-state index contributed by atoms with van der Waals surface area (Å²) in [6, 6.07) is 0. The fourth-order valence-electron chi connectivity index (χ4n) is 2.07. The van der Waals surface area contributed by atoms with Gasteiger partial charge in [-0.1, -0.05) is 73.4 Å². The third kappa shape index (κ3) is 5.29. The van der Waals surface area contributed by atoms with Crippen LogP contribution in [0.15, 0.2) is 0 Å². The summed E-state index contributed by atoms with van der Waals surface area (Å²) < 4.78 is 0.895. The molecule has 1 saturated carbocycles. The second kappa shape index (κ2) is 5.62. The summed E-state index contributed by atoms with van der Waals surface area (Å²) in [6.07, 6.45) is 10.7. The van der Waals surface area contributed by atoms with Gasteiger partial charge in [0.25, 0.3) is 0 Å². The molecule has 0 bridgehead atoms. The lowest BCUT2D eigenvalue weighted by atomic mass is 9.64. The van der Waals surface area contributed by atoms with Crippen molar-refractivity contribution < 1.29 is 0 Å². The molecule has 0 aromatic carbocycles. The van der Waals surface area contributed by atoms with Crippen LogP contribution in [0.1, 0.15) is 58.3 Å². The maximum Gasteiger partial charge on any atom is 0.0742 e. The summed E-state index contributed by atoms with van der Waals surface area (Å²) in [5, 5.41) is 0.119. The molecule has 1 aliphatic rings. The second-order valence-electron chi connectivity index (χ2n) is 4.74. The van der Waals surface area contributed by atoms with E-state index < -0.39 is 0 Å². The molecule has 0 aromatic heterocycles. The van der Waals surface area contributed by atoms with Gasteiger partial charge in [0, 0.05) is 3.92 Å². The van der Waals surface area contributed by atoms with Gasteiger partial charge in [-0.3, -0.25) is 0 Å². The van der Waals surface area contributed by atoms with Crippen LogP contribution in [0.5, 0.6) is 0 Å². The van der Waals surface area contributed by atoms with Crippen LogP contribution in [-0.2, 0) is 0 Å². The van der Waals surface area contributed by atoms with E-state index in [0.717, 1.165) is 3.92 Å². The highest BCUT2D eigenvalue weighted by Crippen LogP contribution is 2.36. The summed E-state index contributed by atoms with van der Waals surface area (Å²) in [4.78, 5) is 0. The molecule has 1 fully saturated rings. The fourth-order valence-corrected chi connectivity index (χ4v) is 2.95. The Hall–Kier alpha value is 0.795. The van der Waals surface area contributed by atoms with Gasteiger partial charge >= 0.3 is 0 Å². The molecule has 2 radical (unpaired) electrons. The van der Waals surface area contributed by atoms with E-state index in [0.29, 0.717) is 0 Å². The smallest absolute Gasteiger partial charge is 0.0742 e. The number of alkyl halides is 1. The van der Waals surface area contributed by atoms with E-state index >= 15 is 0 Å². The van der Waals surface area contributed by atoms with Gasteiger partial charge in [-0.2, -0.15) is 0 Å². The van der Waals surface area contributed by atoms with Gasteiger partial charge in [0.1, 0.15) is 0 Å². The Morgan fingerprint density at radius 3 is 2.46 bits per heavy atom. The highest BCUT2D eigenvalue weighted by Gasteiger charge is 2.18. The van der Waals surface area contributed by atoms with Crippen LogP contribution in [0.25, 0.3) is 0 Å². The first-order chi connectivity index (χ1) is 6.10. The van der Waals surface area contributed by atoms with E-state index in [1.807, 2.05) is 0 Å². The normalized spacial score (nSPS) is 38.5. The van der Waals surface area contributed by atoms with Gasteiger partial charge in [0.2, 0.25) is 0 Å². The van der Waals surface area contributed by atoms with Crippen LogP contribution in [0.4, 0.5) is 0 Å². The zero-order valence-electron chi connectivity index (χ0n) is 8.69. The molecule has 0 nitrogen and oxygen atoms in total. The van der Waals surface area contributed by atoms with Crippen molar-refractivity contribution in [2.75, 3.05) is 0 Å². The van der Waals surface area contributed by atoms with Crippen LogP contribution in [0, 0.1) is 0 Å². The van der Waals surface area contributed by atoms with E-state index in [1.165, 1.54) is 51.4 Å². The zero-order valence-corrected chi connectivity index (χ0v) is 10.8. The minimum absolute atomic E-state index is 0.119. The van der Waals surface area contributed by atoms with Gasteiger partial charge < -0.3 is 0 Å². The molecule has 0 heterocycles. The van der Waals surface area contributed by atoms with Crippen molar-refractivity contribution in [3.05, 3.63) is 0 Å². The molecule has 0 saturated heterocycles. The average Bonchev–Trinajstić information content (AvgIpc) is 2.02. The predicted molar refractivity (Wildman–Crippen MR) is 68.9 cm³/mol. The highest BCUT2D eigenvalue weighted by atomic mass is 127. The van der Waals surface area contributed by atoms with Crippen molar-refractivity contribution in [3.63, 3.8) is 0 Å². The first kappa shape index (κ1) is 11.9. The molecule has 0 aliphatic heterocycles. The van der Waals surface area contributed by atoms with Gasteiger partial charge in [-0.15, -0.1) is 0 Å². The van der Waals surface area contributed by atoms with E-state index in [9.17, 15) is 0 Å². The van der Waals surface area contributed by atoms with Gasteiger partial charge in [0.15, 0.2) is 0 Å². The zero-order chi connectivity index (χ0) is 9.73. The number of hydrogen-bond donors (Lipinski definition) is 0. The Labute approximate surface area is 97.8 Å². The molecule has 0 aromatic rings. The van der Waals surface area contributed by atoms with Gasteiger partial charge in [0.05, 0.1) is 7.85 Å². The van der Waals surface area contributed by atoms with Crippen molar-refractivity contribution >= 4 is 30.4 Å². The molecule has 1 rings (SSSR count). The Balaban J connectivity index is 2.35. The highest BCUT2D eigenvalue weighted by molar-refractivity contribution is 14.1. The molecule has 2 unspecified atom stereocenters. The summed E-state index contributed by atoms with van der Waals surface area (Å²) >= 11 is 2.60. The molecule has 0 amide bonds. The summed E-state index contributed by atoms with van der Waals surface area (Å²) in [7, 11) is 6.21. The Morgan fingerprint density at radius 2 is 1.69 bits per heavy atom. The lowest BCUT2D eigenvalue weighted by Gasteiger charge is -2.27. The van der Waals surface area contributed by atoms with E-state index in [4.69, 9.17) is 7.85 Å². The van der Waals surface area contributed by atoms with Crippen LogP contribution < -0.4 is 0 Å². The monoisotopic (exact) mass is 290 g/mol. The number of halogens is 1. The lowest BCUT2D eigenvalue weighted by Crippen LogP contribution is -2.11. The number of rotatable bonds is 0. The van der Waals surface area contributed by atoms with Crippen molar-refractivity contribution in [1.29, 1.82) is 0 Å². The first-order valence-corrected chi connectivity index (χ1v) is 6.78. The molecule has 0 spiro atoms. The third-order valence-electron chi connectivity index (χ3n) is 3.03. The Bertz CT molecular complexity index is 145. The Morgan fingerprint density at radius 1 is 1.08 bits per heavy atom. The van der Waals surface area contributed by atoms with Crippen molar-refractivity contribution in [1.82, 2.24) is 0 Å². The second-order valence-corrected chi connectivity index (χ2v) is 6.50. The minimum atomic E-state index is 0.119. The largest absolute Gasteiger partial charge is 0.0826 e. The number of hydrogen-bond acceptors (Lipinski definition) is 0. The minimum Gasteiger partial charge on any atom is -0.0826 e. The van der Waals surface area contributed by atoms with E-state index in [2.05, 4.69) is 29.5 Å². The predicted octanol–water partition coefficient (Wildman–Crippen LogP) is 4.27. The van der Waals surface area contributed by atoms with Gasteiger partial charge in [-0.05, 0) is 12.8 Å². The SMILES string of the molecule is [B]C1(C)CCCCCC(I)CCC1. The van der Waals surface area contributed by atoms with Crippen LogP contribution in [0.2, 0.25) is 5.31 Å². The summed E-state index contributed by atoms with van der Waals surface area (Å²) in [5.74, 6) is 0. The molecule has 1 aliphatic carbocycles. The van der Waals surface area contributed by atoms with E-state index in [-0.39, 0.29) is 5.31 Å². The average molecular weight is 290 g/mol. The fraction of sp³-hybridized carbons (Fsp3) is 1.00. The van der Waals surface area contributed by atoms with Crippen molar-refractivity contribution in [2.24, 2.45) is 0 Å². The maximum atomic E-state index is 6.21. The van der Waals surface area contributed by atoms with Gasteiger partial charge in [-0.25, -0.2) is 0 Å². The molecule has 2 heteroatoms. The molecule has 74 valence electrons. The molecule has 13 heavy (non-hydrogen) atoms. The Kier molecular flexibility index (Phi) is 5.13. The molecular formula is C11H20BI. The summed E-state index contributed by atoms with van der Waals surface area (Å²) in [5.41, 5.74) is 0.